The molecule has 108 valence electrons. The van der Waals surface area contributed by atoms with Gasteiger partial charge in [0.1, 0.15) is 6.61 Å². The van der Waals surface area contributed by atoms with Gasteiger partial charge < -0.3 is 15.2 Å². The fraction of sp³-hybridized carbons (Fsp3) is 0.467. The molecule has 1 amide bonds. The van der Waals surface area contributed by atoms with E-state index in [1.807, 2.05) is 30.3 Å². The molecule has 0 saturated carbocycles. The SMILES string of the molecule is CC(C(=O)OCc1ccccc1)[C@H]1NC(=O)[C@@H]1[C@@H](C)O. The first-order valence-electron chi connectivity index (χ1n) is 6.69. The zero-order valence-corrected chi connectivity index (χ0v) is 11.6. The van der Waals surface area contributed by atoms with Gasteiger partial charge in [0.05, 0.1) is 24.0 Å². The molecule has 5 heteroatoms. The van der Waals surface area contributed by atoms with Gasteiger partial charge in [0.2, 0.25) is 5.91 Å². The molecule has 1 saturated heterocycles. The molecule has 0 aliphatic carbocycles. The number of carbonyl (C=O) groups is 2. The number of benzene rings is 1. The van der Waals surface area contributed by atoms with Gasteiger partial charge in [0, 0.05) is 0 Å². The summed E-state index contributed by atoms with van der Waals surface area (Å²) in [7, 11) is 0. The lowest BCUT2D eigenvalue weighted by Crippen LogP contribution is -2.65. The lowest BCUT2D eigenvalue weighted by molar-refractivity contribution is -0.157. The zero-order chi connectivity index (χ0) is 14.7. The molecule has 1 aromatic carbocycles. The lowest BCUT2D eigenvalue weighted by Gasteiger charge is -2.41. The van der Waals surface area contributed by atoms with Gasteiger partial charge in [0.25, 0.3) is 0 Å². The highest BCUT2D eigenvalue weighted by molar-refractivity contribution is 5.89. The summed E-state index contributed by atoms with van der Waals surface area (Å²) >= 11 is 0. The minimum Gasteiger partial charge on any atom is -0.461 e. The van der Waals surface area contributed by atoms with Crippen molar-refractivity contribution in [2.24, 2.45) is 11.8 Å². The summed E-state index contributed by atoms with van der Waals surface area (Å²) < 4.78 is 5.24. The third kappa shape index (κ3) is 2.99. The van der Waals surface area contributed by atoms with Crippen molar-refractivity contribution in [2.75, 3.05) is 0 Å². The summed E-state index contributed by atoms with van der Waals surface area (Å²) in [4.78, 5) is 23.3. The minimum atomic E-state index is -0.766. The van der Waals surface area contributed by atoms with Crippen molar-refractivity contribution in [1.29, 1.82) is 0 Å². The van der Waals surface area contributed by atoms with Crippen LogP contribution in [0.2, 0.25) is 0 Å². The van der Waals surface area contributed by atoms with Crippen molar-refractivity contribution in [1.82, 2.24) is 5.32 Å². The largest absolute Gasteiger partial charge is 0.461 e. The van der Waals surface area contributed by atoms with Crippen molar-refractivity contribution in [3.63, 3.8) is 0 Å². The highest BCUT2D eigenvalue weighted by Crippen LogP contribution is 2.26. The minimum absolute atomic E-state index is 0.212. The third-order valence-electron chi connectivity index (χ3n) is 3.65. The summed E-state index contributed by atoms with van der Waals surface area (Å²) in [6.45, 7) is 3.47. The number of aliphatic hydroxyl groups is 1. The summed E-state index contributed by atoms with van der Waals surface area (Å²) in [5.74, 6) is -1.59. The summed E-state index contributed by atoms with van der Waals surface area (Å²) in [6.07, 6.45) is -0.766. The average Bonchev–Trinajstić information content (AvgIpc) is 2.41. The van der Waals surface area contributed by atoms with E-state index in [4.69, 9.17) is 4.74 Å². The molecule has 1 fully saturated rings. The Bertz CT molecular complexity index is 486. The first-order valence-corrected chi connectivity index (χ1v) is 6.69. The van der Waals surface area contributed by atoms with Gasteiger partial charge >= 0.3 is 5.97 Å². The van der Waals surface area contributed by atoms with Crippen LogP contribution in [0.1, 0.15) is 19.4 Å². The Morgan fingerprint density at radius 2 is 2.00 bits per heavy atom. The lowest BCUT2D eigenvalue weighted by atomic mass is 9.79. The molecule has 5 nitrogen and oxygen atoms in total. The van der Waals surface area contributed by atoms with Crippen LogP contribution in [0.4, 0.5) is 0 Å². The van der Waals surface area contributed by atoms with E-state index in [0.29, 0.717) is 0 Å². The number of esters is 1. The van der Waals surface area contributed by atoms with Crippen molar-refractivity contribution in [3.05, 3.63) is 35.9 Å². The second kappa shape index (κ2) is 6.05. The van der Waals surface area contributed by atoms with E-state index < -0.39 is 17.9 Å². The van der Waals surface area contributed by atoms with E-state index in [1.165, 1.54) is 0 Å². The smallest absolute Gasteiger partial charge is 0.311 e. The molecule has 20 heavy (non-hydrogen) atoms. The number of nitrogens with one attached hydrogen (secondary N) is 1. The maximum atomic E-state index is 12.0. The highest BCUT2D eigenvalue weighted by Gasteiger charge is 2.47. The molecule has 4 atom stereocenters. The summed E-state index contributed by atoms with van der Waals surface area (Å²) in [5, 5.41) is 12.2. The van der Waals surface area contributed by atoms with E-state index in [2.05, 4.69) is 5.32 Å². The van der Waals surface area contributed by atoms with Crippen LogP contribution in [0.5, 0.6) is 0 Å². The van der Waals surface area contributed by atoms with Crippen LogP contribution in [0.25, 0.3) is 0 Å². The molecule has 0 bridgehead atoms. The molecule has 0 spiro atoms. The van der Waals surface area contributed by atoms with Gasteiger partial charge in [0.15, 0.2) is 0 Å². The van der Waals surface area contributed by atoms with E-state index in [1.54, 1.807) is 13.8 Å². The number of ether oxygens (including phenoxy) is 1. The molecule has 1 heterocycles. The van der Waals surface area contributed by atoms with E-state index in [0.717, 1.165) is 5.56 Å². The summed E-state index contributed by atoms with van der Waals surface area (Å²) in [6, 6.07) is 9.05. The van der Waals surface area contributed by atoms with Crippen molar-refractivity contribution >= 4 is 11.9 Å². The number of hydrogen-bond donors (Lipinski definition) is 2. The maximum absolute atomic E-state index is 12.0. The quantitative estimate of drug-likeness (QED) is 0.618. The van der Waals surface area contributed by atoms with Crippen molar-refractivity contribution in [3.8, 4) is 0 Å². The van der Waals surface area contributed by atoms with Crippen LogP contribution in [0.3, 0.4) is 0 Å². The van der Waals surface area contributed by atoms with E-state index >= 15 is 0 Å². The van der Waals surface area contributed by atoms with Crippen LogP contribution in [-0.4, -0.2) is 29.1 Å². The van der Waals surface area contributed by atoms with Crippen LogP contribution in [0, 0.1) is 11.8 Å². The molecular weight excluding hydrogens is 258 g/mol. The van der Waals surface area contributed by atoms with Gasteiger partial charge in [-0.2, -0.15) is 0 Å². The molecular formula is C15H19NO4. The monoisotopic (exact) mass is 277 g/mol. The Labute approximate surface area is 117 Å². The second-order valence-electron chi connectivity index (χ2n) is 5.18. The van der Waals surface area contributed by atoms with Gasteiger partial charge in [-0.15, -0.1) is 0 Å². The first-order chi connectivity index (χ1) is 9.50. The van der Waals surface area contributed by atoms with Gasteiger partial charge in [-0.3, -0.25) is 9.59 Å². The van der Waals surface area contributed by atoms with Crippen LogP contribution in [0.15, 0.2) is 30.3 Å². The number of amides is 1. The summed E-state index contributed by atoms with van der Waals surface area (Å²) in [5.41, 5.74) is 0.915. The second-order valence-corrected chi connectivity index (χ2v) is 5.18. The molecule has 2 N–H and O–H groups in total. The Balaban J connectivity index is 1.88. The van der Waals surface area contributed by atoms with Crippen LogP contribution >= 0.6 is 0 Å². The van der Waals surface area contributed by atoms with Gasteiger partial charge in [-0.05, 0) is 19.4 Å². The highest BCUT2D eigenvalue weighted by atomic mass is 16.5. The molecule has 1 aliphatic heterocycles. The predicted molar refractivity (Wildman–Crippen MR) is 72.5 cm³/mol. The third-order valence-corrected chi connectivity index (χ3v) is 3.65. The van der Waals surface area contributed by atoms with Crippen LogP contribution in [-0.2, 0) is 20.9 Å². The number of rotatable bonds is 5. The average molecular weight is 277 g/mol. The molecule has 2 rings (SSSR count). The zero-order valence-electron chi connectivity index (χ0n) is 11.6. The van der Waals surface area contributed by atoms with Gasteiger partial charge in [-0.25, -0.2) is 0 Å². The molecule has 1 aliphatic rings. The Hall–Kier alpha value is -1.88. The fourth-order valence-corrected chi connectivity index (χ4v) is 2.38. The predicted octanol–water partition coefficient (Wildman–Crippen LogP) is 0.861. The molecule has 1 unspecified atom stereocenters. The topological polar surface area (TPSA) is 75.6 Å². The molecule has 0 radical (unpaired) electrons. The van der Waals surface area contributed by atoms with Gasteiger partial charge in [-0.1, -0.05) is 30.3 Å². The first kappa shape index (κ1) is 14.5. The van der Waals surface area contributed by atoms with E-state index in [-0.39, 0.29) is 24.5 Å². The number of hydrogen-bond acceptors (Lipinski definition) is 4. The van der Waals surface area contributed by atoms with Crippen molar-refractivity contribution < 1.29 is 19.4 Å². The normalized spacial score (nSPS) is 24.2. The fourth-order valence-electron chi connectivity index (χ4n) is 2.38. The Morgan fingerprint density at radius 3 is 2.55 bits per heavy atom. The molecule has 1 aromatic rings. The van der Waals surface area contributed by atoms with Crippen molar-refractivity contribution in [2.45, 2.75) is 32.6 Å². The number of aliphatic hydroxyl groups excluding tert-OH is 1. The maximum Gasteiger partial charge on any atom is 0.311 e. The van der Waals surface area contributed by atoms with Crippen LogP contribution < -0.4 is 5.32 Å². The number of carbonyl (C=O) groups excluding carboxylic acids is 2. The Morgan fingerprint density at radius 1 is 1.35 bits per heavy atom. The molecule has 0 aromatic heterocycles. The number of β-lactam (4-membered cyclic amide) rings is 1. The Kier molecular flexibility index (Phi) is 4.39. The van der Waals surface area contributed by atoms with E-state index in [9.17, 15) is 14.7 Å². The standard InChI is InChI=1S/C15H19NO4/c1-9(13-12(10(2)17)14(18)16-13)15(19)20-8-11-6-4-3-5-7-11/h3-7,9-10,12-13,17H,8H2,1-2H3,(H,16,18)/t9?,10-,12-,13-/m1/s1.